The number of thioether (sulfide) groups is 1. The predicted molar refractivity (Wildman–Crippen MR) is 79.2 cm³/mol. The summed E-state index contributed by atoms with van der Waals surface area (Å²) in [4.78, 5) is 12.3. The first kappa shape index (κ1) is 14.0. The van der Waals surface area contributed by atoms with Gasteiger partial charge in [-0.15, -0.1) is 11.8 Å². The summed E-state index contributed by atoms with van der Waals surface area (Å²) in [6.45, 7) is 0.770. The molecule has 0 bridgehead atoms. The van der Waals surface area contributed by atoms with Gasteiger partial charge in [-0.3, -0.25) is 4.79 Å². The molecule has 1 unspecified atom stereocenters. The molecule has 0 radical (unpaired) electrons. The second-order valence-electron chi connectivity index (χ2n) is 5.69. The number of hydrogen-bond acceptors (Lipinski definition) is 3. The fourth-order valence-electron chi connectivity index (χ4n) is 3.10. The van der Waals surface area contributed by atoms with Crippen LogP contribution in [0.1, 0.15) is 37.2 Å². The van der Waals surface area contributed by atoms with Crippen molar-refractivity contribution in [3.05, 3.63) is 29.8 Å². The highest BCUT2D eigenvalue weighted by atomic mass is 32.2. The van der Waals surface area contributed by atoms with Crippen LogP contribution in [0.4, 0.5) is 0 Å². The Labute approximate surface area is 123 Å². The van der Waals surface area contributed by atoms with Crippen LogP contribution in [0.25, 0.3) is 0 Å². The molecule has 1 aliphatic carbocycles. The Bertz CT molecular complexity index is 480. The third-order valence-electron chi connectivity index (χ3n) is 4.36. The van der Waals surface area contributed by atoms with Crippen molar-refractivity contribution >= 4 is 17.7 Å². The van der Waals surface area contributed by atoms with Crippen LogP contribution in [-0.2, 0) is 9.53 Å². The Morgan fingerprint density at radius 3 is 2.75 bits per heavy atom. The van der Waals surface area contributed by atoms with Gasteiger partial charge >= 0.3 is 5.97 Å². The highest BCUT2D eigenvalue weighted by Crippen LogP contribution is 2.39. The van der Waals surface area contributed by atoms with Gasteiger partial charge in [-0.05, 0) is 37.3 Å². The van der Waals surface area contributed by atoms with Crippen molar-refractivity contribution in [2.24, 2.45) is 5.92 Å². The second kappa shape index (κ2) is 6.19. The van der Waals surface area contributed by atoms with E-state index in [4.69, 9.17) is 9.84 Å². The van der Waals surface area contributed by atoms with Crippen molar-refractivity contribution in [3.8, 4) is 0 Å². The van der Waals surface area contributed by atoms with E-state index < -0.39 is 5.97 Å². The van der Waals surface area contributed by atoms with E-state index in [-0.39, 0.29) is 12.0 Å². The Morgan fingerprint density at radius 1 is 1.25 bits per heavy atom. The molecule has 1 saturated carbocycles. The number of ether oxygens (including phenoxy) is 1. The van der Waals surface area contributed by atoms with E-state index in [1.165, 1.54) is 10.5 Å². The molecule has 1 aliphatic heterocycles. The van der Waals surface area contributed by atoms with Gasteiger partial charge < -0.3 is 9.84 Å². The molecular weight excluding hydrogens is 272 g/mol. The molecule has 4 heteroatoms. The van der Waals surface area contributed by atoms with Crippen LogP contribution in [-0.4, -0.2) is 29.5 Å². The zero-order valence-corrected chi connectivity index (χ0v) is 12.3. The van der Waals surface area contributed by atoms with Crippen LogP contribution in [0.3, 0.4) is 0 Å². The fourth-order valence-corrected chi connectivity index (χ4v) is 4.33. The highest BCUT2D eigenvalue weighted by Gasteiger charge is 2.28. The number of carbonyl (C=O) groups is 1. The first-order chi connectivity index (χ1) is 9.74. The SMILES string of the molecule is O=C(O)C1CCC(OCC2CSc3ccccc32)CC1. The maximum absolute atomic E-state index is 10.9. The van der Waals surface area contributed by atoms with Crippen molar-refractivity contribution in [3.63, 3.8) is 0 Å². The molecule has 0 aromatic heterocycles. The van der Waals surface area contributed by atoms with Gasteiger partial charge in [0, 0.05) is 16.6 Å². The average Bonchev–Trinajstić information content (AvgIpc) is 2.89. The monoisotopic (exact) mass is 292 g/mol. The molecular formula is C16H20O3S. The average molecular weight is 292 g/mol. The lowest BCUT2D eigenvalue weighted by Crippen LogP contribution is -2.27. The van der Waals surface area contributed by atoms with Crippen molar-refractivity contribution in [2.75, 3.05) is 12.4 Å². The zero-order chi connectivity index (χ0) is 13.9. The van der Waals surface area contributed by atoms with E-state index in [0.29, 0.717) is 5.92 Å². The van der Waals surface area contributed by atoms with E-state index >= 15 is 0 Å². The molecule has 0 saturated heterocycles. The van der Waals surface area contributed by atoms with E-state index in [0.717, 1.165) is 38.0 Å². The number of benzene rings is 1. The first-order valence-corrected chi connectivity index (χ1v) is 8.28. The number of carboxylic acids is 1. The van der Waals surface area contributed by atoms with Crippen LogP contribution in [0.15, 0.2) is 29.2 Å². The van der Waals surface area contributed by atoms with Gasteiger partial charge in [-0.1, -0.05) is 18.2 Å². The maximum Gasteiger partial charge on any atom is 0.306 e. The summed E-state index contributed by atoms with van der Waals surface area (Å²) in [6, 6.07) is 8.56. The minimum atomic E-state index is -0.649. The lowest BCUT2D eigenvalue weighted by atomic mass is 9.87. The van der Waals surface area contributed by atoms with Crippen molar-refractivity contribution < 1.29 is 14.6 Å². The summed E-state index contributed by atoms with van der Waals surface area (Å²) in [5.41, 5.74) is 1.41. The van der Waals surface area contributed by atoms with Crippen LogP contribution >= 0.6 is 11.8 Å². The van der Waals surface area contributed by atoms with E-state index in [1.807, 2.05) is 11.8 Å². The molecule has 1 fully saturated rings. The molecule has 0 spiro atoms. The largest absolute Gasteiger partial charge is 0.481 e. The molecule has 1 atom stereocenters. The molecule has 3 rings (SSSR count). The van der Waals surface area contributed by atoms with Gasteiger partial charge in [0.2, 0.25) is 0 Å². The lowest BCUT2D eigenvalue weighted by Gasteiger charge is -2.27. The van der Waals surface area contributed by atoms with Crippen molar-refractivity contribution in [2.45, 2.75) is 42.6 Å². The Kier molecular flexibility index (Phi) is 4.32. The van der Waals surface area contributed by atoms with Gasteiger partial charge in [0.25, 0.3) is 0 Å². The summed E-state index contributed by atoms with van der Waals surface area (Å²) >= 11 is 1.91. The van der Waals surface area contributed by atoms with Crippen LogP contribution in [0.5, 0.6) is 0 Å². The van der Waals surface area contributed by atoms with Gasteiger partial charge in [-0.25, -0.2) is 0 Å². The van der Waals surface area contributed by atoms with E-state index in [9.17, 15) is 4.79 Å². The predicted octanol–water partition coefficient (Wildman–Crippen LogP) is 3.54. The van der Waals surface area contributed by atoms with Crippen LogP contribution < -0.4 is 0 Å². The summed E-state index contributed by atoms with van der Waals surface area (Å²) in [6.07, 6.45) is 3.55. The number of aliphatic carboxylic acids is 1. The van der Waals surface area contributed by atoms with E-state index in [1.54, 1.807) is 0 Å². The molecule has 1 aromatic carbocycles. The van der Waals surface area contributed by atoms with Crippen LogP contribution in [0.2, 0.25) is 0 Å². The molecule has 0 amide bonds. The quantitative estimate of drug-likeness (QED) is 0.922. The van der Waals surface area contributed by atoms with Crippen LogP contribution in [0, 0.1) is 5.92 Å². The molecule has 108 valence electrons. The minimum absolute atomic E-state index is 0.155. The lowest BCUT2D eigenvalue weighted by molar-refractivity contribution is -0.143. The molecule has 1 N–H and O–H groups in total. The maximum atomic E-state index is 10.9. The standard InChI is InChI=1S/C16H20O3S/c17-16(18)11-5-7-13(8-6-11)19-9-12-10-20-15-4-2-1-3-14(12)15/h1-4,11-13H,5-10H2,(H,17,18). The summed E-state index contributed by atoms with van der Waals surface area (Å²) < 4.78 is 6.05. The highest BCUT2D eigenvalue weighted by molar-refractivity contribution is 7.99. The number of rotatable bonds is 4. The van der Waals surface area contributed by atoms with E-state index in [2.05, 4.69) is 24.3 Å². The summed E-state index contributed by atoms with van der Waals surface area (Å²) in [5.74, 6) is 0.791. The Balaban J connectivity index is 1.48. The Morgan fingerprint density at radius 2 is 2.00 bits per heavy atom. The molecule has 1 aromatic rings. The molecule has 1 heterocycles. The molecule has 3 nitrogen and oxygen atoms in total. The smallest absolute Gasteiger partial charge is 0.306 e. The number of fused-ring (bicyclic) bond motifs is 1. The molecule has 20 heavy (non-hydrogen) atoms. The minimum Gasteiger partial charge on any atom is -0.481 e. The molecule has 2 aliphatic rings. The third-order valence-corrected chi connectivity index (χ3v) is 5.61. The second-order valence-corrected chi connectivity index (χ2v) is 6.75. The van der Waals surface area contributed by atoms with Gasteiger partial charge in [0.1, 0.15) is 0 Å². The first-order valence-electron chi connectivity index (χ1n) is 7.30. The normalized spacial score (nSPS) is 29.1. The third kappa shape index (κ3) is 3.01. The zero-order valence-electron chi connectivity index (χ0n) is 11.5. The van der Waals surface area contributed by atoms with Crippen molar-refractivity contribution in [1.82, 2.24) is 0 Å². The number of hydrogen-bond donors (Lipinski definition) is 1. The topological polar surface area (TPSA) is 46.5 Å². The Hall–Kier alpha value is -1.00. The number of carboxylic acid groups (broad SMARTS) is 1. The summed E-state index contributed by atoms with van der Waals surface area (Å²) in [7, 11) is 0. The van der Waals surface area contributed by atoms with Gasteiger partial charge in [0.15, 0.2) is 0 Å². The fraction of sp³-hybridized carbons (Fsp3) is 0.562. The van der Waals surface area contributed by atoms with Crippen molar-refractivity contribution in [1.29, 1.82) is 0 Å². The summed E-state index contributed by atoms with van der Waals surface area (Å²) in [5, 5.41) is 8.99. The van der Waals surface area contributed by atoms with Gasteiger partial charge in [-0.2, -0.15) is 0 Å². The van der Waals surface area contributed by atoms with Gasteiger partial charge in [0.05, 0.1) is 18.6 Å².